The average molecular weight is 402 g/mol. The smallest absolute Gasteiger partial charge is 0.414 e. The predicted molar refractivity (Wildman–Crippen MR) is 115 cm³/mol. The van der Waals surface area contributed by atoms with Crippen molar-refractivity contribution < 1.29 is 14.3 Å². The zero-order chi connectivity index (χ0) is 21.1. The van der Waals surface area contributed by atoms with E-state index < -0.39 is 6.09 Å². The maximum atomic E-state index is 12.2. The molecular formula is C23H22N4O3. The number of cyclic esters (lactones) is 1. The minimum Gasteiger partial charge on any atom is -0.490 e. The number of hydrogen-bond donors (Lipinski definition) is 2. The SMILES string of the molecule is Cc1ccc(-c2ccc(OCC3CN(c4ccc(C(=N)N)cc4)C(=O)O3)cc2)nc1. The molecule has 7 nitrogen and oxygen atoms in total. The minimum atomic E-state index is -0.417. The van der Waals surface area contributed by atoms with Gasteiger partial charge in [0.05, 0.1) is 12.2 Å². The van der Waals surface area contributed by atoms with Crippen molar-refractivity contribution in [3.05, 3.63) is 78.0 Å². The number of amides is 1. The Balaban J connectivity index is 1.34. The molecule has 1 aromatic heterocycles. The maximum absolute atomic E-state index is 12.2. The van der Waals surface area contributed by atoms with Crippen LogP contribution in [0.2, 0.25) is 0 Å². The van der Waals surface area contributed by atoms with Gasteiger partial charge in [0.25, 0.3) is 0 Å². The lowest BCUT2D eigenvalue weighted by molar-refractivity contribution is 0.105. The molecule has 0 radical (unpaired) electrons. The van der Waals surface area contributed by atoms with E-state index in [0.717, 1.165) is 16.8 Å². The molecule has 30 heavy (non-hydrogen) atoms. The molecule has 1 fully saturated rings. The van der Waals surface area contributed by atoms with Gasteiger partial charge in [-0.25, -0.2) is 4.79 Å². The number of nitrogens with two attached hydrogens (primary N) is 1. The zero-order valence-electron chi connectivity index (χ0n) is 16.5. The molecule has 3 aromatic rings. The highest BCUT2D eigenvalue weighted by Crippen LogP contribution is 2.24. The summed E-state index contributed by atoms with van der Waals surface area (Å²) in [7, 11) is 0. The lowest BCUT2D eigenvalue weighted by Crippen LogP contribution is -2.26. The number of carbonyl (C=O) groups excluding carboxylic acids is 1. The number of aromatic nitrogens is 1. The van der Waals surface area contributed by atoms with Gasteiger partial charge in [-0.3, -0.25) is 15.3 Å². The van der Waals surface area contributed by atoms with Gasteiger partial charge in [-0.05, 0) is 67.1 Å². The van der Waals surface area contributed by atoms with Crippen LogP contribution in [0.1, 0.15) is 11.1 Å². The molecule has 7 heteroatoms. The summed E-state index contributed by atoms with van der Waals surface area (Å²) in [4.78, 5) is 18.2. The summed E-state index contributed by atoms with van der Waals surface area (Å²) < 4.78 is 11.2. The van der Waals surface area contributed by atoms with Crippen LogP contribution < -0.4 is 15.4 Å². The number of aryl methyl sites for hydroxylation is 1. The third kappa shape index (κ3) is 4.25. The summed E-state index contributed by atoms with van der Waals surface area (Å²) in [5, 5.41) is 7.45. The van der Waals surface area contributed by atoms with E-state index in [1.54, 1.807) is 29.2 Å². The molecule has 1 aliphatic heterocycles. The minimum absolute atomic E-state index is 0.0130. The van der Waals surface area contributed by atoms with Crippen molar-refractivity contribution in [3.8, 4) is 17.0 Å². The molecule has 152 valence electrons. The molecule has 0 saturated carbocycles. The van der Waals surface area contributed by atoms with E-state index in [9.17, 15) is 4.79 Å². The second kappa shape index (κ2) is 8.24. The third-order valence-corrected chi connectivity index (χ3v) is 4.86. The number of benzene rings is 2. The summed E-state index contributed by atoms with van der Waals surface area (Å²) in [6.07, 6.45) is 1.05. The highest BCUT2D eigenvalue weighted by molar-refractivity contribution is 5.96. The lowest BCUT2D eigenvalue weighted by Gasteiger charge is -2.14. The quantitative estimate of drug-likeness (QED) is 0.483. The Kier molecular flexibility index (Phi) is 5.34. The first-order valence-electron chi connectivity index (χ1n) is 9.58. The first kappa shape index (κ1) is 19.4. The number of nitrogen functional groups attached to an aromatic ring is 1. The van der Waals surface area contributed by atoms with Gasteiger partial charge in [0.15, 0.2) is 6.10 Å². The van der Waals surface area contributed by atoms with Crippen LogP contribution in [0.3, 0.4) is 0 Å². The molecule has 2 heterocycles. The molecule has 1 unspecified atom stereocenters. The van der Waals surface area contributed by atoms with Gasteiger partial charge in [-0.2, -0.15) is 0 Å². The normalized spacial score (nSPS) is 15.7. The topological polar surface area (TPSA) is 102 Å². The monoisotopic (exact) mass is 402 g/mol. The highest BCUT2D eigenvalue weighted by Gasteiger charge is 2.32. The van der Waals surface area contributed by atoms with E-state index in [2.05, 4.69) is 4.98 Å². The third-order valence-electron chi connectivity index (χ3n) is 4.86. The molecule has 0 spiro atoms. The number of carbonyl (C=O) groups is 1. The number of rotatable bonds is 6. The van der Waals surface area contributed by atoms with Crippen molar-refractivity contribution >= 4 is 17.6 Å². The molecule has 3 N–H and O–H groups in total. The summed E-state index contributed by atoms with van der Waals surface area (Å²) in [6.45, 7) is 2.66. The summed E-state index contributed by atoms with van der Waals surface area (Å²) >= 11 is 0. The fraction of sp³-hybridized carbons (Fsp3) is 0.174. The summed E-state index contributed by atoms with van der Waals surface area (Å²) in [6, 6.07) is 18.6. The van der Waals surface area contributed by atoms with Gasteiger partial charge < -0.3 is 15.2 Å². The molecule has 1 amide bonds. The fourth-order valence-electron chi connectivity index (χ4n) is 3.19. The van der Waals surface area contributed by atoms with Gasteiger partial charge in [-0.15, -0.1) is 0 Å². The second-order valence-electron chi connectivity index (χ2n) is 7.13. The first-order chi connectivity index (χ1) is 14.5. The van der Waals surface area contributed by atoms with Crippen molar-refractivity contribution in [1.29, 1.82) is 5.41 Å². The maximum Gasteiger partial charge on any atom is 0.414 e. The van der Waals surface area contributed by atoms with Crippen molar-refractivity contribution in [3.63, 3.8) is 0 Å². The number of amidine groups is 1. The molecule has 4 rings (SSSR count). The van der Waals surface area contributed by atoms with Crippen LogP contribution in [0.4, 0.5) is 10.5 Å². The van der Waals surface area contributed by atoms with Gasteiger partial charge in [0.2, 0.25) is 0 Å². The highest BCUT2D eigenvalue weighted by atomic mass is 16.6. The average Bonchev–Trinajstić information content (AvgIpc) is 3.14. The largest absolute Gasteiger partial charge is 0.490 e. The van der Waals surface area contributed by atoms with Crippen LogP contribution in [0.25, 0.3) is 11.3 Å². The number of nitrogens with zero attached hydrogens (tertiary/aromatic N) is 2. The van der Waals surface area contributed by atoms with E-state index in [-0.39, 0.29) is 18.5 Å². The van der Waals surface area contributed by atoms with E-state index in [4.69, 9.17) is 20.6 Å². The zero-order valence-corrected chi connectivity index (χ0v) is 16.5. The van der Waals surface area contributed by atoms with Crippen molar-refractivity contribution in [2.45, 2.75) is 13.0 Å². The van der Waals surface area contributed by atoms with E-state index in [1.165, 1.54) is 0 Å². The van der Waals surface area contributed by atoms with E-state index in [0.29, 0.717) is 23.5 Å². The number of nitrogens with one attached hydrogen (secondary N) is 1. The van der Waals surface area contributed by atoms with E-state index >= 15 is 0 Å². The Labute approximate surface area is 174 Å². The van der Waals surface area contributed by atoms with Crippen molar-refractivity contribution in [2.75, 3.05) is 18.1 Å². The number of anilines is 1. The van der Waals surface area contributed by atoms with Crippen molar-refractivity contribution in [2.24, 2.45) is 5.73 Å². The van der Waals surface area contributed by atoms with Crippen LogP contribution in [0.5, 0.6) is 5.75 Å². The van der Waals surface area contributed by atoms with Gasteiger partial charge in [0, 0.05) is 23.0 Å². The van der Waals surface area contributed by atoms with Crippen LogP contribution >= 0.6 is 0 Å². The van der Waals surface area contributed by atoms with Crippen LogP contribution in [0, 0.1) is 12.3 Å². The van der Waals surface area contributed by atoms with Crippen molar-refractivity contribution in [1.82, 2.24) is 4.98 Å². The van der Waals surface area contributed by atoms with Crippen LogP contribution in [-0.2, 0) is 4.74 Å². The first-order valence-corrected chi connectivity index (χ1v) is 9.58. The van der Waals surface area contributed by atoms with Crippen LogP contribution in [0.15, 0.2) is 66.9 Å². The summed E-state index contributed by atoms with van der Waals surface area (Å²) in [5.74, 6) is 0.687. The Morgan fingerprint density at radius 3 is 2.53 bits per heavy atom. The number of hydrogen-bond acceptors (Lipinski definition) is 5. The molecule has 0 bridgehead atoms. The molecule has 1 aliphatic rings. The van der Waals surface area contributed by atoms with Gasteiger partial charge in [-0.1, -0.05) is 6.07 Å². The molecule has 1 atom stereocenters. The molecule has 0 aliphatic carbocycles. The molecular weight excluding hydrogens is 380 g/mol. The fourth-order valence-corrected chi connectivity index (χ4v) is 3.19. The number of pyridine rings is 1. The molecule has 2 aromatic carbocycles. The summed E-state index contributed by atoms with van der Waals surface area (Å²) in [5.41, 5.74) is 9.81. The van der Waals surface area contributed by atoms with Gasteiger partial charge in [0.1, 0.15) is 18.2 Å². The lowest BCUT2D eigenvalue weighted by atomic mass is 10.1. The Hall–Kier alpha value is -3.87. The standard InChI is InChI=1S/C23H22N4O3/c1-15-2-11-21(26-12-15)16-5-9-19(10-6-16)29-14-20-13-27(23(28)30-20)18-7-3-17(4-8-18)22(24)25/h2-12,20H,13-14H2,1H3,(H3,24,25). The second-order valence-corrected chi connectivity index (χ2v) is 7.13. The number of ether oxygens (including phenoxy) is 2. The van der Waals surface area contributed by atoms with Crippen LogP contribution in [-0.4, -0.2) is 36.2 Å². The molecule has 1 saturated heterocycles. The predicted octanol–water partition coefficient (Wildman–Crippen LogP) is 3.75. The van der Waals surface area contributed by atoms with E-state index in [1.807, 2.05) is 49.5 Å². The Morgan fingerprint density at radius 2 is 1.90 bits per heavy atom. The van der Waals surface area contributed by atoms with Gasteiger partial charge >= 0.3 is 6.09 Å². The Morgan fingerprint density at radius 1 is 1.17 bits per heavy atom. The Bertz CT molecular complexity index is 1050.